The van der Waals surface area contributed by atoms with Crippen molar-refractivity contribution in [3.05, 3.63) is 54.4 Å². The molecule has 5 rings (SSSR count). The van der Waals surface area contributed by atoms with Crippen molar-refractivity contribution in [2.24, 2.45) is 11.8 Å². The van der Waals surface area contributed by atoms with E-state index in [-0.39, 0.29) is 12.0 Å². The molecule has 3 aliphatic rings. The molecule has 7 nitrogen and oxygen atoms in total. The zero-order valence-electron chi connectivity index (χ0n) is 21.6. The second-order valence-corrected chi connectivity index (χ2v) is 11.1. The Balaban J connectivity index is 1.25. The normalized spacial score (nSPS) is 25.6. The van der Waals surface area contributed by atoms with Crippen LogP contribution in [-0.4, -0.2) is 82.7 Å². The summed E-state index contributed by atoms with van der Waals surface area (Å²) in [7, 11) is 2.10. The van der Waals surface area contributed by atoms with Crippen LogP contribution in [0.4, 0.5) is 5.95 Å². The summed E-state index contributed by atoms with van der Waals surface area (Å²) in [6, 6.07) is 12.8. The van der Waals surface area contributed by atoms with E-state index in [4.69, 9.17) is 0 Å². The SMILES string of the molecule is CN(c1ncccn1)C1CCN(CC2CN(C(C(=O)O)C3CCCCC3)CC2c2ccccc2)CC1. The Morgan fingerprint density at radius 3 is 2.36 bits per heavy atom. The van der Waals surface area contributed by atoms with Gasteiger partial charge in [0.1, 0.15) is 6.04 Å². The molecule has 36 heavy (non-hydrogen) atoms. The molecular weight excluding hydrogens is 450 g/mol. The lowest BCUT2D eigenvalue weighted by Gasteiger charge is -2.38. The number of nitrogens with zero attached hydrogens (tertiary/aromatic N) is 5. The smallest absolute Gasteiger partial charge is 0.321 e. The lowest BCUT2D eigenvalue weighted by atomic mass is 9.83. The van der Waals surface area contributed by atoms with Crippen LogP contribution in [0.1, 0.15) is 56.4 Å². The maximum absolute atomic E-state index is 12.5. The van der Waals surface area contributed by atoms with E-state index < -0.39 is 5.97 Å². The molecule has 0 bridgehead atoms. The Hall–Kier alpha value is -2.51. The van der Waals surface area contributed by atoms with Crippen LogP contribution in [0.25, 0.3) is 0 Å². The minimum atomic E-state index is -0.624. The number of hydrogen-bond donors (Lipinski definition) is 1. The fraction of sp³-hybridized carbons (Fsp3) is 0.621. The molecule has 0 radical (unpaired) electrons. The van der Waals surface area contributed by atoms with Gasteiger partial charge in [-0.05, 0) is 49.1 Å². The molecule has 2 aromatic rings. The van der Waals surface area contributed by atoms with Crippen molar-refractivity contribution in [3.63, 3.8) is 0 Å². The molecule has 3 unspecified atom stereocenters. The summed E-state index contributed by atoms with van der Waals surface area (Å²) >= 11 is 0. The van der Waals surface area contributed by atoms with Crippen molar-refractivity contribution in [2.75, 3.05) is 44.7 Å². The lowest BCUT2D eigenvalue weighted by Crippen LogP contribution is -2.47. The Morgan fingerprint density at radius 2 is 1.69 bits per heavy atom. The van der Waals surface area contributed by atoms with Crippen molar-refractivity contribution >= 4 is 11.9 Å². The molecule has 7 heteroatoms. The fourth-order valence-electron chi connectivity index (χ4n) is 6.96. The number of carboxylic acids is 1. The molecule has 1 saturated carbocycles. The average Bonchev–Trinajstić information content (AvgIpc) is 3.33. The van der Waals surface area contributed by atoms with Gasteiger partial charge in [-0.15, -0.1) is 0 Å². The Kier molecular flexibility index (Phi) is 8.17. The first-order valence-corrected chi connectivity index (χ1v) is 13.8. The van der Waals surface area contributed by atoms with Crippen molar-refractivity contribution in [3.8, 4) is 0 Å². The topological polar surface area (TPSA) is 72.8 Å². The summed E-state index contributed by atoms with van der Waals surface area (Å²) in [6.07, 6.45) is 11.5. The standard InChI is InChI=1S/C29H41N5O2/c1-32(29-30-15-8-16-31-29)25-13-17-33(18-14-25)19-24-20-34(21-26(24)22-9-4-2-5-10-22)27(28(35)36)23-11-6-3-7-12-23/h2,4-5,8-10,15-16,23-27H,3,6-7,11-14,17-21H2,1H3,(H,35,36). The van der Waals surface area contributed by atoms with Gasteiger partial charge in [-0.2, -0.15) is 0 Å². The first-order valence-electron chi connectivity index (χ1n) is 13.8. The van der Waals surface area contributed by atoms with Crippen molar-refractivity contribution in [2.45, 2.75) is 62.9 Å². The van der Waals surface area contributed by atoms with Gasteiger partial charge in [0.2, 0.25) is 5.95 Å². The van der Waals surface area contributed by atoms with Crippen LogP contribution < -0.4 is 4.90 Å². The number of likely N-dealkylation sites (tertiary alicyclic amines) is 2. The van der Waals surface area contributed by atoms with E-state index >= 15 is 0 Å². The Bertz CT molecular complexity index is 960. The van der Waals surface area contributed by atoms with Gasteiger partial charge in [0.15, 0.2) is 0 Å². The number of hydrogen-bond acceptors (Lipinski definition) is 6. The van der Waals surface area contributed by atoms with Crippen LogP contribution in [0.5, 0.6) is 0 Å². The highest BCUT2D eigenvalue weighted by Crippen LogP contribution is 2.38. The predicted molar refractivity (Wildman–Crippen MR) is 142 cm³/mol. The molecule has 1 aromatic heterocycles. The third kappa shape index (κ3) is 5.73. The van der Waals surface area contributed by atoms with E-state index in [2.05, 4.69) is 62.0 Å². The molecule has 3 heterocycles. The number of aliphatic carboxylic acids is 1. The van der Waals surface area contributed by atoms with Gasteiger partial charge < -0.3 is 14.9 Å². The zero-order chi connectivity index (χ0) is 24.9. The molecule has 3 fully saturated rings. The van der Waals surface area contributed by atoms with Gasteiger partial charge in [0, 0.05) is 64.1 Å². The second-order valence-electron chi connectivity index (χ2n) is 11.1. The van der Waals surface area contributed by atoms with Crippen LogP contribution >= 0.6 is 0 Å². The number of anilines is 1. The molecule has 2 saturated heterocycles. The highest BCUT2D eigenvalue weighted by atomic mass is 16.4. The summed E-state index contributed by atoms with van der Waals surface area (Å²) in [6.45, 7) is 4.89. The summed E-state index contributed by atoms with van der Waals surface area (Å²) < 4.78 is 0. The zero-order valence-corrected chi connectivity index (χ0v) is 21.6. The Morgan fingerprint density at radius 1 is 1.00 bits per heavy atom. The number of piperidine rings is 1. The summed E-state index contributed by atoms with van der Waals surface area (Å²) in [5.41, 5.74) is 1.36. The minimum Gasteiger partial charge on any atom is -0.480 e. The number of carbonyl (C=O) groups is 1. The second kappa shape index (κ2) is 11.7. The van der Waals surface area contributed by atoms with Gasteiger partial charge in [-0.3, -0.25) is 9.69 Å². The van der Waals surface area contributed by atoms with E-state index in [0.717, 1.165) is 64.4 Å². The molecule has 1 N–H and O–H groups in total. The van der Waals surface area contributed by atoms with Crippen LogP contribution in [0.15, 0.2) is 48.8 Å². The average molecular weight is 492 g/mol. The quantitative estimate of drug-likeness (QED) is 0.595. The predicted octanol–water partition coefficient (Wildman–Crippen LogP) is 4.13. The van der Waals surface area contributed by atoms with E-state index in [1.165, 1.54) is 24.8 Å². The maximum atomic E-state index is 12.5. The molecule has 3 atom stereocenters. The Labute approximate surface area is 215 Å². The number of carboxylic acid groups (broad SMARTS) is 1. The van der Waals surface area contributed by atoms with E-state index in [1.54, 1.807) is 12.4 Å². The lowest BCUT2D eigenvalue weighted by molar-refractivity contribution is -0.145. The third-order valence-electron chi connectivity index (χ3n) is 8.90. The van der Waals surface area contributed by atoms with Gasteiger partial charge in [0.05, 0.1) is 0 Å². The van der Waals surface area contributed by atoms with Crippen LogP contribution in [0.2, 0.25) is 0 Å². The molecule has 2 aliphatic heterocycles. The summed E-state index contributed by atoms with van der Waals surface area (Å²) in [5.74, 6) is 1.30. The maximum Gasteiger partial charge on any atom is 0.321 e. The number of rotatable bonds is 8. The van der Waals surface area contributed by atoms with E-state index in [0.29, 0.717) is 17.9 Å². The molecule has 1 aliphatic carbocycles. The fourth-order valence-corrected chi connectivity index (χ4v) is 6.96. The highest BCUT2D eigenvalue weighted by molar-refractivity contribution is 5.74. The number of aromatic nitrogens is 2. The van der Waals surface area contributed by atoms with Crippen LogP contribution in [0, 0.1) is 11.8 Å². The molecule has 0 amide bonds. The molecular formula is C29H41N5O2. The van der Waals surface area contributed by atoms with E-state index in [1.807, 2.05) is 6.07 Å². The molecule has 194 valence electrons. The van der Waals surface area contributed by atoms with Crippen molar-refractivity contribution in [1.29, 1.82) is 0 Å². The van der Waals surface area contributed by atoms with Gasteiger partial charge in [-0.25, -0.2) is 9.97 Å². The molecule has 0 spiro atoms. The highest BCUT2D eigenvalue weighted by Gasteiger charge is 2.43. The third-order valence-corrected chi connectivity index (χ3v) is 8.90. The van der Waals surface area contributed by atoms with Gasteiger partial charge in [-0.1, -0.05) is 49.6 Å². The molecule has 1 aromatic carbocycles. The van der Waals surface area contributed by atoms with Gasteiger partial charge in [0.25, 0.3) is 0 Å². The van der Waals surface area contributed by atoms with Gasteiger partial charge >= 0.3 is 5.97 Å². The van der Waals surface area contributed by atoms with Crippen molar-refractivity contribution < 1.29 is 9.90 Å². The number of benzene rings is 1. The summed E-state index contributed by atoms with van der Waals surface area (Å²) in [5, 5.41) is 10.3. The van der Waals surface area contributed by atoms with E-state index in [9.17, 15) is 9.90 Å². The first kappa shape index (κ1) is 25.2. The monoisotopic (exact) mass is 491 g/mol. The summed E-state index contributed by atoms with van der Waals surface area (Å²) in [4.78, 5) is 28.5. The minimum absolute atomic E-state index is 0.290. The van der Waals surface area contributed by atoms with Crippen LogP contribution in [-0.2, 0) is 4.79 Å². The van der Waals surface area contributed by atoms with Crippen LogP contribution in [0.3, 0.4) is 0 Å². The van der Waals surface area contributed by atoms with Crippen molar-refractivity contribution in [1.82, 2.24) is 19.8 Å². The first-order chi connectivity index (χ1) is 17.6. The largest absolute Gasteiger partial charge is 0.480 e.